The maximum Gasteiger partial charge on any atom is 0.255 e. The second-order valence-corrected chi connectivity index (χ2v) is 7.93. The molecule has 0 aromatic carbocycles. The van der Waals surface area contributed by atoms with Gasteiger partial charge in [-0.2, -0.15) is 16.7 Å². The molecule has 3 saturated heterocycles. The number of hydrogen-bond acceptors (Lipinski definition) is 7. The molecule has 0 bridgehead atoms. The number of thioether (sulfide) groups is 1. The third kappa shape index (κ3) is 3.90. The van der Waals surface area contributed by atoms with Crippen LogP contribution in [0.15, 0.2) is 4.52 Å². The number of rotatable bonds is 4. The lowest BCUT2D eigenvalue weighted by Crippen LogP contribution is -2.50. The van der Waals surface area contributed by atoms with Crippen molar-refractivity contribution in [1.82, 2.24) is 19.9 Å². The fraction of sp³-hybridized carbons (Fsp3) is 0.875. The van der Waals surface area contributed by atoms with E-state index in [0.717, 1.165) is 50.9 Å². The first-order valence-electron chi connectivity index (χ1n) is 8.87. The standard InChI is InChI=1S/C16H26N4O2S/c1-2-14(21-9-1)16-17-15(18-22-16)12-19-5-7-20(8-6-19)13-3-10-23-11-4-13/h13-14H,1-12H2/t14-/m1/s1. The van der Waals surface area contributed by atoms with Crippen LogP contribution in [0.4, 0.5) is 0 Å². The first kappa shape index (κ1) is 15.9. The van der Waals surface area contributed by atoms with Crippen LogP contribution in [0.25, 0.3) is 0 Å². The summed E-state index contributed by atoms with van der Waals surface area (Å²) in [6.45, 7) is 6.16. The highest BCUT2D eigenvalue weighted by Gasteiger charge is 2.27. The average Bonchev–Trinajstić information content (AvgIpc) is 3.28. The summed E-state index contributed by atoms with van der Waals surface area (Å²) in [5.41, 5.74) is 0. The number of hydrogen-bond donors (Lipinski definition) is 0. The third-order valence-corrected chi connectivity index (χ3v) is 6.22. The minimum atomic E-state index is 0.0252. The van der Waals surface area contributed by atoms with Crippen LogP contribution in [0.5, 0.6) is 0 Å². The van der Waals surface area contributed by atoms with Gasteiger partial charge in [-0.3, -0.25) is 9.80 Å². The summed E-state index contributed by atoms with van der Waals surface area (Å²) < 4.78 is 11.0. The van der Waals surface area contributed by atoms with Gasteiger partial charge in [0.2, 0.25) is 0 Å². The van der Waals surface area contributed by atoms with Crippen molar-refractivity contribution in [3.05, 3.63) is 11.7 Å². The first-order valence-corrected chi connectivity index (χ1v) is 10.0. The molecule has 3 aliphatic heterocycles. The van der Waals surface area contributed by atoms with Crippen LogP contribution in [-0.4, -0.2) is 70.3 Å². The smallest absolute Gasteiger partial charge is 0.255 e. The second-order valence-electron chi connectivity index (χ2n) is 6.71. The maximum absolute atomic E-state index is 5.61. The van der Waals surface area contributed by atoms with Crippen LogP contribution in [0.1, 0.15) is 43.5 Å². The number of piperazine rings is 1. The summed E-state index contributed by atoms with van der Waals surface area (Å²) in [5.74, 6) is 4.13. The van der Waals surface area contributed by atoms with E-state index in [-0.39, 0.29) is 6.10 Å². The highest BCUT2D eigenvalue weighted by atomic mass is 32.2. The fourth-order valence-electron chi connectivity index (χ4n) is 3.77. The van der Waals surface area contributed by atoms with Crippen molar-refractivity contribution in [1.29, 1.82) is 0 Å². The maximum atomic E-state index is 5.61. The van der Waals surface area contributed by atoms with Crippen molar-refractivity contribution in [3.8, 4) is 0 Å². The van der Waals surface area contributed by atoms with Crippen LogP contribution < -0.4 is 0 Å². The van der Waals surface area contributed by atoms with E-state index in [1.807, 2.05) is 0 Å². The van der Waals surface area contributed by atoms with E-state index in [0.29, 0.717) is 5.89 Å². The Morgan fingerprint density at radius 3 is 2.65 bits per heavy atom. The Kier molecular flexibility index (Phi) is 5.18. The summed E-state index contributed by atoms with van der Waals surface area (Å²) in [7, 11) is 0. The molecular weight excluding hydrogens is 312 g/mol. The Labute approximate surface area is 141 Å². The minimum Gasteiger partial charge on any atom is -0.368 e. The first-order chi connectivity index (χ1) is 11.4. The Balaban J connectivity index is 1.26. The molecule has 1 aromatic rings. The van der Waals surface area contributed by atoms with Crippen molar-refractivity contribution in [2.24, 2.45) is 0 Å². The van der Waals surface area contributed by atoms with Gasteiger partial charge in [-0.05, 0) is 37.2 Å². The van der Waals surface area contributed by atoms with Crippen LogP contribution in [0.3, 0.4) is 0 Å². The van der Waals surface area contributed by atoms with Gasteiger partial charge in [0.15, 0.2) is 5.82 Å². The number of ether oxygens (including phenoxy) is 1. The topological polar surface area (TPSA) is 54.6 Å². The van der Waals surface area contributed by atoms with Gasteiger partial charge in [-0.15, -0.1) is 0 Å². The van der Waals surface area contributed by atoms with Crippen LogP contribution in [0, 0.1) is 0 Å². The molecule has 4 rings (SSSR count). The molecule has 23 heavy (non-hydrogen) atoms. The van der Waals surface area contributed by atoms with Gasteiger partial charge in [-0.25, -0.2) is 0 Å². The molecule has 0 radical (unpaired) electrons. The normalized spacial score (nSPS) is 28.4. The van der Waals surface area contributed by atoms with Gasteiger partial charge in [0.1, 0.15) is 6.10 Å². The molecule has 1 aromatic heterocycles. The zero-order chi connectivity index (χ0) is 15.5. The van der Waals surface area contributed by atoms with Crippen molar-refractivity contribution in [3.63, 3.8) is 0 Å². The van der Waals surface area contributed by atoms with Crippen molar-refractivity contribution < 1.29 is 9.26 Å². The lowest BCUT2D eigenvalue weighted by atomic mass is 10.1. The zero-order valence-corrected chi connectivity index (χ0v) is 14.5. The summed E-state index contributed by atoms with van der Waals surface area (Å²) in [5, 5.41) is 4.14. The lowest BCUT2D eigenvalue weighted by Gasteiger charge is -2.40. The lowest BCUT2D eigenvalue weighted by molar-refractivity contribution is 0.0832. The molecule has 0 unspecified atom stereocenters. The predicted octanol–water partition coefficient (Wildman–Crippen LogP) is 1.93. The van der Waals surface area contributed by atoms with E-state index in [2.05, 4.69) is 31.7 Å². The number of nitrogens with zero attached hydrogens (tertiary/aromatic N) is 4. The van der Waals surface area contributed by atoms with Gasteiger partial charge in [0, 0.05) is 38.8 Å². The molecule has 4 heterocycles. The van der Waals surface area contributed by atoms with Crippen LogP contribution in [0.2, 0.25) is 0 Å². The van der Waals surface area contributed by atoms with E-state index < -0.39 is 0 Å². The molecule has 3 aliphatic rings. The van der Waals surface area contributed by atoms with Gasteiger partial charge >= 0.3 is 0 Å². The zero-order valence-electron chi connectivity index (χ0n) is 13.7. The Bertz CT molecular complexity index is 492. The summed E-state index contributed by atoms with van der Waals surface area (Å²) >= 11 is 2.10. The summed E-state index contributed by atoms with van der Waals surface area (Å²) in [6, 6.07) is 0.815. The predicted molar refractivity (Wildman–Crippen MR) is 89.4 cm³/mol. The van der Waals surface area contributed by atoms with Crippen molar-refractivity contribution in [2.45, 2.75) is 44.4 Å². The van der Waals surface area contributed by atoms with Gasteiger partial charge in [0.25, 0.3) is 5.89 Å². The van der Waals surface area contributed by atoms with E-state index >= 15 is 0 Å². The van der Waals surface area contributed by atoms with Crippen molar-refractivity contribution in [2.75, 3.05) is 44.3 Å². The molecule has 3 fully saturated rings. The highest BCUT2D eigenvalue weighted by molar-refractivity contribution is 7.99. The largest absolute Gasteiger partial charge is 0.368 e. The van der Waals surface area contributed by atoms with E-state index in [9.17, 15) is 0 Å². The molecule has 0 spiro atoms. The quantitative estimate of drug-likeness (QED) is 0.831. The molecule has 0 aliphatic carbocycles. The molecule has 0 saturated carbocycles. The van der Waals surface area contributed by atoms with Crippen LogP contribution in [-0.2, 0) is 11.3 Å². The van der Waals surface area contributed by atoms with E-state index in [4.69, 9.17) is 9.26 Å². The molecule has 0 amide bonds. The Morgan fingerprint density at radius 2 is 1.91 bits per heavy atom. The Morgan fingerprint density at radius 1 is 1.09 bits per heavy atom. The molecule has 0 N–H and O–H groups in total. The van der Waals surface area contributed by atoms with Gasteiger partial charge < -0.3 is 9.26 Å². The SMILES string of the molecule is C1CO[C@@H](c2nc(CN3CCN(C4CCSCC4)CC3)no2)C1. The second kappa shape index (κ2) is 7.51. The van der Waals surface area contributed by atoms with Gasteiger partial charge in [-0.1, -0.05) is 5.16 Å². The monoisotopic (exact) mass is 338 g/mol. The molecule has 6 nitrogen and oxygen atoms in total. The summed E-state index contributed by atoms with van der Waals surface area (Å²) in [4.78, 5) is 9.66. The minimum absolute atomic E-state index is 0.0252. The molecule has 1 atom stereocenters. The third-order valence-electron chi connectivity index (χ3n) is 5.17. The van der Waals surface area contributed by atoms with Crippen molar-refractivity contribution >= 4 is 11.8 Å². The molecular formula is C16H26N4O2S. The van der Waals surface area contributed by atoms with Crippen LogP contribution >= 0.6 is 11.8 Å². The van der Waals surface area contributed by atoms with E-state index in [1.165, 1.54) is 37.4 Å². The summed E-state index contributed by atoms with van der Waals surface area (Å²) in [6.07, 6.45) is 4.84. The highest BCUT2D eigenvalue weighted by Crippen LogP contribution is 2.27. The Hall–Kier alpha value is -0.630. The molecule has 7 heteroatoms. The number of aromatic nitrogens is 2. The fourth-order valence-corrected chi connectivity index (χ4v) is 4.85. The molecule has 128 valence electrons. The van der Waals surface area contributed by atoms with Gasteiger partial charge in [0.05, 0.1) is 6.54 Å². The average molecular weight is 338 g/mol. The van der Waals surface area contributed by atoms with E-state index in [1.54, 1.807) is 0 Å².